The van der Waals surface area contributed by atoms with E-state index in [2.05, 4.69) is 10.3 Å². The van der Waals surface area contributed by atoms with Crippen molar-refractivity contribution in [3.8, 4) is 0 Å². The predicted octanol–water partition coefficient (Wildman–Crippen LogP) is 7.09. The van der Waals surface area contributed by atoms with Gasteiger partial charge in [-0.15, -0.1) is 0 Å². The Morgan fingerprint density at radius 2 is 1.45 bits per heavy atom. The molecule has 4 nitrogen and oxygen atoms in total. The number of aromatic nitrogens is 2. The number of rotatable bonds is 7. The molecule has 38 heavy (non-hydrogen) atoms. The van der Waals surface area contributed by atoms with Gasteiger partial charge < -0.3 is 9.72 Å². The lowest BCUT2D eigenvalue weighted by Gasteiger charge is -2.23. The molecule has 2 aromatic heterocycles. The number of benzene rings is 3. The molecule has 0 saturated heterocycles. The van der Waals surface area contributed by atoms with Gasteiger partial charge in [-0.1, -0.05) is 84.9 Å². The Bertz CT molecular complexity index is 1510. The summed E-state index contributed by atoms with van der Waals surface area (Å²) >= 11 is 0. The third kappa shape index (κ3) is 5.32. The van der Waals surface area contributed by atoms with Crippen molar-refractivity contribution < 1.29 is 18.0 Å². The Morgan fingerprint density at radius 1 is 0.842 bits per heavy atom. The van der Waals surface area contributed by atoms with Crippen LogP contribution in [0.4, 0.5) is 13.2 Å². The summed E-state index contributed by atoms with van der Waals surface area (Å²) in [4.78, 5) is 18.1. The Labute approximate surface area is 218 Å². The molecule has 0 aliphatic heterocycles. The highest BCUT2D eigenvalue weighted by Crippen LogP contribution is 2.35. The molecule has 5 rings (SSSR count). The van der Waals surface area contributed by atoms with Gasteiger partial charge in [0.25, 0.3) is 0 Å². The lowest BCUT2D eigenvalue weighted by Crippen LogP contribution is -2.30. The Hall–Kier alpha value is -4.39. The van der Waals surface area contributed by atoms with Crippen molar-refractivity contribution in [1.29, 1.82) is 0 Å². The first-order chi connectivity index (χ1) is 18.3. The maximum absolute atomic E-state index is 13.6. The number of hydrogen-bond acceptors (Lipinski definition) is 2. The number of amides is 1. The van der Waals surface area contributed by atoms with Gasteiger partial charge in [-0.25, -0.2) is 4.98 Å². The number of carbonyl (C=O) groups is 1. The number of carbonyl (C=O) groups excluding carboxylic acids is 1. The average Bonchev–Trinajstić information content (AvgIpc) is 3.36. The molecule has 0 radical (unpaired) electrons. The summed E-state index contributed by atoms with van der Waals surface area (Å²) in [6.07, 6.45) is -2.91. The van der Waals surface area contributed by atoms with E-state index in [0.29, 0.717) is 16.9 Å². The molecule has 1 atom stereocenters. The minimum Gasteiger partial charge on any atom is -0.345 e. The monoisotopic (exact) mass is 513 g/mol. The van der Waals surface area contributed by atoms with E-state index >= 15 is 0 Å². The van der Waals surface area contributed by atoms with Crippen molar-refractivity contribution in [3.05, 3.63) is 143 Å². The van der Waals surface area contributed by atoms with Crippen LogP contribution in [0.3, 0.4) is 0 Å². The Kier molecular flexibility index (Phi) is 7.01. The van der Waals surface area contributed by atoms with Crippen LogP contribution >= 0.6 is 0 Å². The number of alkyl halides is 3. The normalized spacial score (nSPS) is 12.6. The standard InChI is InChI=1S/C31H26F3N3O/c1-21-10-8-17-28-35-20-27(37(21)28)26(24-15-9-16-25(18-24)31(32,33)34)19-29(38)36-30(22-11-4-2-5-12-22)23-13-6-3-7-14-23/h2-18,20,26,30H,19H2,1H3,(H,36,38). The number of aryl methyl sites for hydroxylation is 1. The zero-order valence-electron chi connectivity index (χ0n) is 20.7. The quantitative estimate of drug-likeness (QED) is 0.253. The first-order valence-corrected chi connectivity index (χ1v) is 12.3. The van der Waals surface area contributed by atoms with Crippen LogP contribution in [0.5, 0.6) is 0 Å². The summed E-state index contributed by atoms with van der Waals surface area (Å²) < 4.78 is 42.7. The molecule has 7 heteroatoms. The maximum atomic E-state index is 13.6. The van der Waals surface area contributed by atoms with E-state index < -0.39 is 23.7 Å². The van der Waals surface area contributed by atoms with Crippen molar-refractivity contribution in [2.45, 2.75) is 31.5 Å². The van der Waals surface area contributed by atoms with E-state index in [9.17, 15) is 18.0 Å². The number of fused-ring (bicyclic) bond motifs is 1. The van der Waals surface area contributed by atoms with E-state index in [4.69, 9.17) is 0 Å². The van der Waals surface area contributed by atoms with Gasteiger partial charge in [0, 0.05) is 24.2 Å². The third-order valence-corrected chi connectivity index (χ3v) is 6.69. The first-order valence-electron chi connectivity index (χ1n) is 12.3. The fraction of sp³-hybridized carbons (Fsp3) is 0.161. The zero-order chi connectivity index (χ0) is 26.7. The average molecular weight is 514 g/mol. The summed E-state index contributed by atoms with van der Waals surface area (Å²) in [5, 5.41) is 3.13. The second-order valence-corrected chi connectivity index (χ2v) is 9.25. The van der Waals surface area contributed by atoms with Gasteiger partial charge in [0.2, 0.25) is 5.91 Å². The van der Waals surface area contributed by atoms with E-state index in [1.54, 1.807) is 12.3 Å². The van der Waals surface area contributed by atoms with Crippen LogP contribution in [-0.2, 0) is 11.0 Å². The van der Waals surface area contributed by atoms with Gasteiger partial charge in [0.05, 0.1) is 17.3 Å². The molecule has 1 amide bonds. The molecule has 1 unspecified atom stereocenters. The van der Waals surface area contributed by atoms with Gasteiger partial charge in [-0.3, -0.25) is 4.79 Å². The Morgan fingerprint density at radius 3 is 2.08 bits per heavy atom. The number of nitrogens with one attached hydrogen (secondary N) is 1. The fourth-order valence-electron chi connectivity index (χ4n) is 4.86. The van der Waals surface area contributed by atoms with Gasteiger partial charge in [-0.2, -0.15) is 13.2 Å². The van der Waals surface area contributed by atoms with Crippen molar-refractivity contribution in [1.82, 2.24) is 14.7 Å². The van der Waals surface area contributed by atoms with Gasteiger partial charge in [0.15, 0.2) is 0 Å². The van der Waals surface area contributed by atoms with Crippen molar-refractivity contribution in [2.24, 2.45) is 0 Å². The number of halogens is 3. The second kappa shape index (κ2) is 10.5. The minimum absolute atomic E-state index is 0.0559. The van der Waals surface area contributed by atoms with Crippen LogP contribution < -0.4 is 5.32 Å². The highest BCUT2D eigenvalue weighted by molar-refractivity contribution is 5.78. The summed E-state index contributed by atoms with van der Waals surface area (Å²) in [6.45, 7) is 1.91. The van der Waals surface area contributed by atoms with E-state index in [-0.39, 0.29) is 12.3 Å². The number of nitrogens with zero attached hydrogens (tertiary/aromatic N) is 2. The maximum Gasteiger partial charge on any atom is 0.416 e. The lowest BCUT2D eigenvalue weighted by molar-refractivity contribution is -0.137. The minimum atomic E-state index is -4.50. The number of pyridine rings is 1. The summed E-state index contributed by atoms with van der Waals surface area (Å²) in [6, 6.07) is 29.6. The van der Waals surface area contributed by atoms with E-state index in [0.717, 1.165) is 29.0 Å². The molecular weight excluding hydrogens is 487 g/mol. The zero-order valence-corrected chi connectivity index (χ0v) is 20.7. The molecule has 0 fully saturated rings. The molecule has 0 bridgehead atoms. The molecule has 0 aliphatic rings. The predicted molar refractivity (Wildman–Crippen MR) is 141 cm³/mol. The van der Waals surface area contributed by atoms with Crippen LogP contribution in [0.2, 0.25) is 0 Å². The van der Waals surface area contributed by atoms with E-state index in [1.807, 2.05) is 90.2 Å². The van der Waals surface area contributed by atoms with Crippen LogP contribution in [0, 0.1) is 6.92 Å². The molecular formula is C31H26F3N3O. The highest BCUT2D eigenvalue weighted by Gasteiger charge is 2.32. The topological polar surface area (TPSA) is 46.4 Å². The molecule has 192 valence electrons. The SMILES string of the molecule is Cc1cccc2ncc(C(CC(=O)NC(c3ccccc3)c3ccccc3)c3cccc(C(F)(F)F)c3)n12. The number of hydrogen-bond donors (Lipinski definition) is 1. The molecule has 5 aromatic rings. The summed E-state index contributed by atoms with van der Waals surface area (Å²) in [5.74, 6) is -0.936. The molecule has 0 spiro atoms. The van der Waals surface area contributed by atoms with Crippen molar-refractivity contribution in [2.75, 3.05) is 0 Å². The van der Waals surface area contributed by atoms with Gasteiger partial charge in [-0.05, 0) is 41.8 Å². The van der Waals surface area contributed by atoms with Crippen LogP contribution in [0.1, 0.15) is 52.0 Å². The van der Waals surface area contributed by atoms with Crippen LogP contribution in [0.15, 0.2) is 109 Å². The molecule has 2 heterocycles. The third-order valence-electron chi connectivity index (χ3n) is 6.69. The number of imidazole rings is 1. The fourth-order valence-corrected chi connectivity index (χ4v) is 4.86. The second-order valence-electron chi connectivity index (χ2n) is 9.25. The summed E-state index contributed by atoms with van der Waals surface area (Å²) in [7, 11) is 0. The highest BCUT2D eigenvalue weighted by atomic mass is 19.4. The summed E-state index contributed by atoms with van der Waals surface area (Å²) in [5.41, 5.74) is 3.67. The molecule has 0 saturated carbocycles. The van der Waals surface area contributed by atoms with Crippen LogP contribution in [-0.4, -0.2) is 15.3 Å². The van der Waals surface area contributed by atoms with Crippen LogP contribution in [0.25, 0.3) is 5.65 Å². The van der Waals surface area contributed by atoms with Gasteiger partial charge in [0.1, 0.15) is 5.65 Å². The van der Waals surface area contributed by atoms with Crippen molar-refractivity contribution in [3.63, 3.8) is 0 Å². The molecule has 0 aliphatic carbocycles. The largest absolute Gasteiger partial charge is 0.416 e. The van der Waals surface area contributed by atoms with E-state index in [1.165, 1.54) is 6.07 Å². The smallest absolute Gasteiger partial charge is 0.345 e. The molecule has 3 aromatic carbocycles. The lowest BCUT2D eigenvalue weighted by atomic mass is 9.90. The molecule has 1 N–H and O–H groups in total. The van der Waals surface area contributed by atoms with Crippen molar-refractivity contribution >= 4 is 11.6 Å². The van der Waals surface area contributed by atoms with Gasteiger partial charge >= 0.3 is 6.18 Å². The Balaban J connectivity index is 1.54. The first kappa shape index (κ1) is 25.3.